The molecule has 1 fully saturated rings. The van der Waals surface area contributed by atoms with Crippen molar-refractivity contribution in [1.29, 1.82) is 0 Å². The maximum Gasteiger partial charge on any atom is 0.252 e. The number of hydrogen-bond donors (Lipinski definition) is 1. The highest BCUT2D eigenvalue weighted by atomic mass is 16.5. The first-order chi connectivity index (χ1) is 13.9. The van der Waals surface area contributed by atoms with Gasteiger partial charge in [0.25, 0.3) is 5.91 Å². The second-order valence-corrected chi connectivity index (χ2v) is 8.25. The van der Waals surface area contributed by atoms with Gasteiger partial charge in [0.05, 0.1) is 18.6 Å². The van der Waals surface area contributed by atoms with Gasteiger partial charge in [0.2, 0.25) is 5.91 Å². The maximum atomic E-state index is 13.1. The quantitative estimate of drug-likeness (QED) is 0.863. The number of nitrogens with zero attached hydrogens (tertiary/aromatic N) is 2. The Kier molecular flexibility index (Phi) is 5.04. The molecule has 2 aliphatic heterocycles. The summed E-state index contributed by atoms with van der Waals surface area (Å²) in [6.45, 7) is 1.98. The Labute approximate surface area is 171 Å². The highest BCUT2D eigenvalue weighted by Gasteiger charge is 2.53. The minimum Gasteiger partial charge on any atom is -0.497 e. The highest BCUT2D eigenvalue weighted by molar-refractivity contribution is 5.98. The number of hydrogen-bond acceptors (Lipinski definition) is 4. The minimum atomic E-state index is -0.584. The zero-order chi connectivity index (χ0) is 20.6. The van der Waals surface area contributed by atoms with Crippen molar-refractivity contribution in [2.45, 2.75) is 18.5 Å². The van der Waals surface area contributed by atoms with Crippen molar-refractivity contribution in [3.8, 4) is 5.75 Å². The van der Waals surface area contributed by atoms with Crippen molar-refractivity contribution in [3.05, 3.63) is 65.2 Å². The number of nitrogens with one attached hydrogen (secondary N) is 1. The summed E-state index contributed by atoms with van der Waals surface area (Å²) >= 11 is 0. The molecule has 0 radical (unpaired) electrons. The number of carbonyl (C=O) groups is 2. The third-order valence-corrected chi connectivity index (χ3v) is 6.05. The van der Waals surface area contributed by atoms with Gasteiger partial charge in [-0.3, -0.25) is 14.5 Å². The van der Waals surface area contributed by atoms with Crippen molar-refractivity contribution in [1.82, 2.24) is 15.1 Å². The van der Waals surface area contributed by atoms with Crippen molar-refractivity contribution >= 4 is 11.8 Å². The molecular formula is C23H27N3O3. The molecule has 0 unspecified atom stereocenters. The van der Waals surface area contributed by atoms with E-state index in [0.717, 1.165) is 23.4 Å². The van der Waals surface area contributed by atoms with E-state index in [-0.39, 0.29) is 17.7 Å². The van der Waals surface area contributed by atoms with Gasteiger partial charge in [0.1, 0.15) is 5.75 Å². The van der Waals surface area contributed by atoms with Gasteiger partial charge in [-0.15, -0.1) is 0 Å². The lowest BCUT2D eigenvalue weighted by Crippen LogP contribution is -2.61. The molecule has 2 aliphatic rings. The average Bonchev–Trinajstić information content (AvgIpc) is 3.04. The van der Waals surface area contributed by atoms with Crippen molar-refractivity contribution in [2.24, 2.45) is 5.92 Å². The Balaban J connectivity index is 1.62. The van der Waals surface area contributed by atoms with Crippen LogP contribution in [0.4, 0.5) is 0 Å². The first kappa shape index (κ1) is 19.5. The highest BCUT2D eigenvalue weighted by Crippen LogP contribution is 2.37. The second-order valence-electron chi connectivity index (χ2n) is 8.25. The molecule has 6 heteroatoms. The summed E-state index contributed by atoms with van der Waals surface area (Å²) in [6.07, 6.45) is 0.665. The number of ether oxygens (including phenoxy) is 1. The molecule has 2 heterocycles. The fraction of sp³-hybridized carbons (Fsp3) is 0.391. The second kappa shape index (κ2) is 7.52. The molecule has 1 spiro atoms. The molecule has 1 saturated heterocycles. The molecule has 0 saturated carbocycles. The normalized spacial score (nSPS) is 23.6. The zero-order valence-electron chi connectivity index (χ0n) is 17.1. The summed E-state index contributed by atoms with van der Waals surface area (Å²) in [4.78, 5) is 29.8. The molecule has 0 aromatic heterocycles. The summed E-state index contributed by atoms with van der Waals surface area (Å²) in [6, 6.07) is 15.7. The molecule has 1 N–H and O–H groups in total. The van der Waals surface area contributed by atoms with Crippen molar-refractivity contribution < 1.29 is 14.3 Å². The number of benzene rings is 2. The molecule has 2 aromatic carbocycles. The van der Waals surface area contributed by atoms with Crippen LogP contribution in [0, 0.1) is 5.92 Å². The molecule has 4 rings (SSSR count). The van der Waals surface area contributed by atoms with Gasteiger partial charge in [-0.05, 0) is 35.7 Å². The van der Waals surface area contributed by atoms with Crippen molar-refractivity contribution in [3.63, 3.8) is 0 Å². The van der Waals surface area contributed by atoms with Crippen molar-refractivity contribution in [2.75, 3.05) is 34.3 Å². The number of carbonyl (C=O) groups excluding carboxylic acids is 2. The van der Waals surface area contributed by atoms with Crippen LogP contribution >= 0.6 is 0 Å². The molecule has 2 amide bonds. The van der Waals surface area contributed by atoms with Gasteiger partial charge in [-0.25, -0.2) is 0 Å². The topological polar surface area (TPSA) is 61.9 Å². The number of fused-ring (bicyclic) bond motifs is 1. The number of rotatable bonds is 4. The summed E-state index contributed by atoms with van der Waals surface area (Å²) in [5.41, 5.74) is 2.29. The number of amides is 2. The van der Waals surface area contributed by atoms with E-state index < -0.39 is 5.54 Å². The molecular weight excluding hydrogens is 366 g/mol. The van der Waals surface area contributed by atoms with E-state index in [2.05, 4.69) is 10.2 Å². The van der Waals surface area contributed by atoms with Crippen LogP contribution in [0.3, 0.4) is 0 Å². The molecule has 0 aliphatic carbocycles. The van der Waals surface area contributed by atoms with Crippen LogP contribution in [0.5, 0.6) is 5.75 Å². The molecule has 2 atom stereocenters. The van der Waals surface area contributed by atoms with Gasteiger partial charge in [0, 0.05) is 39.3 Å². The first-order valence-electron chi connectivity index (χ1n) is 9.89. The SMILES string of the molecule is COc1ccc(CN2C[C@@H](C(=O)N(C)C)[C@@]3(Cc4ccccc4C(=O)N3)C2)cc1. The first-order valence-corrected chi connectivity index (χ1v) is 9.89. The summed E-state index contributed by atoms with van der Waals surface area (Å²) in [7, 11) is 5.21. The summed E-state index contributed by atoms with van der Waals surface area (Å²) in [5, 5.41) is 3.22. The van der Waals surface area contributed by atoms with Gasteiger partial charge in [-0.1, -0.05) is 30.3 Å². The fourth-order valence-corrected chi connectivity index (χ4v) is 4.62. The molecule has 6 nitrogen and oxygen atoms in total. The maximum absolute atomic E-state index is 13.1. The standard InChI is InChI=1S/C23H27N3O3/c1-25(2)22(28)20-14-26(13-16-8-10-18(29-3)11-9-16)15-23(20)12-17-6-4-5-7-19(17)21(27)24-23/h4-11,20H,12-15H2,1-3H3,(H,24,27)/t20-,23+/m0/s1. The predicted molar refractivity (Wildman–Crippen MR) is 111 cm³/mol. The van der Waals surface area contributed by atoms with E-state index in [9.17, 15) is 9.59 Å². The van der Waals surface area contributed by atoms with E-state index >= 15 is 0 Å². The number of methoxy groups -OCH3 is 1. The number of likely N-dealkylation sites (tertiary alicyclic amines) is 1. The van der Waals surface area contributed by atoms with E-state index in [1.54, 1.807) is 26.1 Å². The third kappa shape index (κ3) is 3.60. The Morgan fingerprint density at radius 2 is 1.93 bits per heavy atom. The molecule has 0 bridgehead atoms. The Morgan fingerprint density at radius 1 is 1.21 bits per heavy atom. The smallest absolute Gasteiger partial charge is 0.252 e. The van der Waals surface area contributed by atoms with Crippen LogP contribution in [0.15, 0.2) is 48.5 Å². The molecule has 2 aromatic rings. The van der Waals surface area contributed by atoms with E-state index in [1.165, 1.54) is 0 Å². The van der Waals surface area contributed by atoms with Crippen LogP contribution in [0.2, 0.25) is 0 Å². The Hall–Kier alpha value is -2.86. The predicted octanol–water partition coefficient (Wildman–Crippen LogP) is 1.94. The van der Waals surface area contributed by atoms with Crippen LogP contribution in [-0.4, -0.2) is 61.4 Å². The van der Waals surface area contributed by atoms with E-state index in [4.69, 9.17) is 4.74 Å². The van der Waals surface area contributed by atoms with E-state index in [0.29, 0.717) is 25.1 Å². The summed E-state index contributed by atoms with van der Waals surface area (Å²) in [5.74, 6) is 0.508. The lowest BCUT2D eigenvalue weighted by atomic mass is 9.77. The Morgan fingerprint density at radius 3 is 2.62 bits per heavy atom. The average molecular weight is 393 g/mol. The molecule has 29 heavy (non-hydrogen) atoms. The minimum absolute atomic E-state index is 0.0573. The molecule has 152 valence electrons. The fourth-order valence-electron chi connectivity index (χ4n) is 4.62. The van der Waals surface area contributed by atoms with Crippen LogP contribution < -0.4 is 10.1 Å². The zero-order valence-corrected chi connectivity index (χ0v) is 17.1. The lowest BCUT2D eigenvalue weighted by molar-refractivity contribution is -0.134. The largest absolute Gasteiger partial charge is 0.497 e. The van der Waals surface area contributed by atoms with Crippen LogP contribution in [0.1, 0.15) is 21.5 Å². The third-order valence-electron chi connectivity index (χ3n) is 6.05. The Bertz CT molecular complexity index is 925. The van der Waals surface area contributed by atoms with Gasteiger partial charge in [-0.2, -0.15) is 0 Å². The van der Waals surface area contributed by atoms with Gasteiger partial charge >= 0.3 is 0 Å². The van der Waals surface area contributed by atoms with Gasteiger partial charge in [0.15, 0.2) is 0 Å². The lowest BCUT2D eigenvalue weighted by Gasteiger charge is -2.40. The summed E-state index contributed by atoms with van der Waals surface area (Å²) < 4.78 is 5.24. The van der Waals surface area contributed by atoms with Crippen LogP contribution in [-0.2, 0) is 17.8 Å². The van der Waals surface area contributed by atoms with E-state index in [1.807, 2.05) is 48.5 Å². The van der Waals surface area contributed by atoms with Gasteiger partial charge < -0.3 is 15.0 Å². The van der Waals surface area contributed by atoms with Crippen LogP contribution in [0.25, 0.3) is 0 Å². The monoisotopic (exact) mass is 393 g/mol.